The quantitative estimate of drug-likeness (QED) is 0.504. The van der Waals surface area contributed by atoms with E-state index in [0.29, 0.717) is 4.90 Å². The molecule has 6 nitrogen and oxygen atoms in total. The molecule has 0 fully saturated rings. The molecule has 2 aromatic rings. The van der Waals surface area contributed by atoms with Gasteiger partial charge in [-0.1, -0.05) is 79.2 Å². The normalized spacial score (nSPS) is 16.2. The summed E-state index contributed by atoms with van der Waals surface area (Å²) >= 11 is 3.43. The Labute approximate surface area is 193 Å². The van der Waals surface area contributed by atoms with Crippen LogP contribution >= 0.6 is 15.9 Å². The summed E-state index contributed by atoms with van der Waals surface area (Å²) in [6, 6.07) is 13.2. The number of carbonyl (C=O) groups excluding carboxylic acids is 2. The van der Waals surface area contributed by atoms with Crippen LogP contribution in [0.25, 0.3) is 0 Å². The highest BCUT2D eigenvalue weighted by Gasteiger charge is 2.34. The topological polar surface area (TPSA) is 83.6 Å². The molecular formula is C23H29BrN2O4S. The van der Waals surface area contributed by atoms with E-state index in [9.17, 15) is 8.42 Å². The maximum atomic E-state index is 13.2. The number of anilines is 1. The van der Waals surface area contributed by atoms with Gasteiger partial charge >= 0.3 is 6.15 Å². The van der Waals surface area contributed by atoms with Gasteiger partial charge in [0, 0.05) is 11.5 Å². The van der Waals surface area contributed by atoms with Crippen molar-refractivity contribution in [1.82, 2.24) is 5.32 Å². The maximum absolute atomic E-state index is 13.2. The van der Waals surface area contributed by atoms with Gasteiger partial charge in [-0.15, -0.1) is 0 Å². The highest BCUT2D eigenvalue weighted by molar-refractivity contribution is 9.10. The Kier molecular flexibility index (Phi) is 9.91. The molecule has 0 aliphatic carbocycles. The fraction of sp³-hybridized carbons (Fsp3) is 0.435. The molecule has 0 amide bonds. The zero-order chi connectivity index (χ0) is 22.9. The van der Waals surface area contributed by atoms with Gasteiger partial charge in [-0.2, -0.15) is 9.59 Å². The smallest absolute Gasteiger partial charge is 0.306 e. The molecular weight excluding hydrogens is 480 g/mol. The molecule has 0 aromatic heterocycles. The van der Waals surface area contributed by atoms with E-state index in [4.69, 9.17) is 9.59 Å². The number of hydrogen-bond acceptors (Lipinski definition) is 5. The molecule has 0 bridgehead atoms. The van der Waals surface area contributed by atoms with Crippen molar-refractivity contribution in [1.29, 1.82) is 0 Å². The number of hydrogen-bond donors (Lipinski definition) is 1. The Bertz CT molecular complexity index is 1000. The van der Waals surface area contributed by atoms with Gasteiger partial charge in [0.2, 0.25) is 0 Å². The first-order valence-electron chi connectivity index (χ1n) is 10.5. The molecule has 0 radical (unpaired) electrons. The number of halogens is 1. The van der Waals surface area contributed by atoms with Crippen LogP contribution in [0.2, 0.25) is 0 Å². The highest BCUT2D eigenvalue weighted by atomic mass is 79.9. The third-order valence-corrected chi connectivity index (χ3v) is 7.71. The predicted molar refractivity (Wildman–Crippen MR) is 124 cm³/mol. The van der Waals surface area contributed by atoms with Crippen molar-refractivity contribution in [3.8, 4) is 0 Å². The molecule has 1 heterocycles. The van der Waals surface area contributed by atoms with Crippen molar-refractivity contribution in [2.45, 2.75) is 56.4 Å². The van der Waals surface area contributed by atoms with Crippen LogP contribution in [0.15, 0.2) is 51.8 Å². The molecule has 1 aliphatic rings. The van der Waals surface area contributed by atoms with Gasteiger partial charge in [0.15, 0.2) is 0 Å². The van der Waals surface area contributed by atoms with Crippen molar-refractivity contribution in [2.75, 3.05) is 17.9 Å². The summed E-state index contributed by atoms with van der Waals surface area (Å²) in [5.41, 5.74) is 2.54. The molecule has 31 heavy (non-hydrogen) atoms. The summed E-state index contributed by atoms with van der Waals surface area (Å²) in [6.07, 6.45) is 7.66. The van der Waals surface area contributed by atoms with E-state index in [2.05, 4.69) is 28.2 Å². The van der Waals surface area contributed by atoms with Crippen LogP contribution in [0.3, 0.4) is 0 Å². The van der Waals surface area contributed by atoms with Crippen LogP contribution in [-0.4, -0.2) is 28.2 Å². The molecule has 1 N–H and O–H groups in total. The first-order chi connectivity index (χ1) is 14.9. The number of fused-ring (bicyclic) bond motifs is 2. The third kappa shape index (κ3) is 6.26. The summed E-state index contributed by atoms with van der Waals surface area (Å²) in [7, 11) is -1.97. The monoisotopic (exact) mass is 508 g/mol. The van der Waals surface area contributed by atoms with E-state index in [1.807, 2.05) is 36.4 Å². The van der Waals surface area contributed by atoms with Crippen molar-refractivity contribution in [2.24, 2.45) is 0 Å². The second-order valence-electron chi connectivity index (χ2n) is 7.45. The largest absolute Gasteiger partial charge is 0.373 e. The van der Waals surface area contributed by atoms with Crippen LogP contribution in [0, 0.1) is 0 Å². The first kappa shape index (κ1) is 25.3. The Morgan fingerprint density at radius 2 is 1.65 bits per heavy atom. The Morgan fingerprint density at radius 1 is 1.00 bits per heavy atom. The maximum Gasteiger partial charge on any atom is 0.373 e. The Morgan fingerprint density at radius 3 is 2.35 bits per heavy atom. The van der Waals surface area contributed by atoms with E-state index in [1.165, 1.54) is 36.4 Å². The zero-order valence-electron chi connectivity index (χ0n) is 17.9. The van der Waals surface area contributed by atoms with Crippen molar-refractivity contribution < 1.29 is 18.0 Å². The second-order valence-corrected chi connectivity index (χ2v) is 10.3. The van der Waals surface area contributed by atoms with E-state index in [1.54, 1.807) is 13.1 Å². The van der Waals surface area contributed by atoms with Crippen LogP contribution in [-0.2, 0) is 19.6 Å². The number of nitrogens with zero attached hydrogens (tertiary/aromatic N) is 1. The lowest BCUT2D eigenvalue weighted by Gasteiger charge is -2.22. The Balaban J connectivity index is 0.00000107. The Hall–Kier alpha value is -1.99. The van der Waals surface area contributed by atoms with Gasteiger partial charge in [-0.25, -0.2) is 8.42 Å². The van der Waals surface area contributed by atoms with E-state index in [0.717, 1.165) is 34.3 Å². The number of unbranched alkanes of at least 4 members (excludes halogenated alkanes) is 5. The molecule has 1 unspecified atom stereocenters. The van der Waals surface area contributed by atoms with Crippen LogP contribution in [0.1, 0.15) is 62.6 Å². The molecule has 0 spiro atoms. The predicted octanol–water partition coefficient (Wildman–Crippen LogP) is 5.04. The number of nitrogens with one attached hydrogen (secondary N) is 1. The van der Waals surface area contributed by atoms with Crippen molar-refractivity contribution in [3.05, 3.63) is 58.1 Å². The molecule has 0 saturated heterocycles. The van der Waals surface area contributed by atoms with Gasteiger partial charge in [-0.3, -0.25) is 4.31 Å². The lowest BCUT2D eigenvalue weighted by atomic mass is 9.96. The van der Waals surface area contributed by atoms with Gasteiger partial charge in [-0.05, 0) is 42.3 Å². The lowest BCUT2D eigenvalue weighted by molar-refractivity contribution is -0.191. The summed E-state index contributed by atoms with van der Waals surface area (Å²) in [5.74, 6) is 0. The number of para-hydroxylation sites is 1. The van der Waals surface area contributed by atoms with Gasteiger partial charge in [0.1, 0.15) is 0 Å². The first-order valence-corrected chi connectivity index (χ1v) is 12.7. The average Bonchev–Trinajstić information content (AvgIpc) is 2.82. The van der Waals surface area contributed by atoms with E-state index >= 15 is 0 Å². The average molecular weight is 509 g/mol. The SMILES string of the molecule is CCCCCCCCNC1c2ccccc2N(C)S(=O)(=O)c2cc(Br)ccc21.O=C=O. The summed E-state index contributed by atoms with van der Waals surface area (Å²) in [6.45, 7) is 3.09. The van der Waals surface area contributed by atoms with Crippen molar-refractivity contribution >= 4 is 37.8 Å². The van der Waals surface area contributed by atoms with Gasteiger partial charge in [0.05, 0.1) is 16.6 Å². The number of benzene rings is 2. The fourth-order valence-corrected chi connectivity index (χ4v) is 5.80. The molecule has 8 heteroatoms. The van der Waals surface area contributed by atoms with Gasteiger partial charge < -0.3 is 5.32 Å². The highest BCUT2D eigenvalue weighted by Crippen LogP contribution is 2.40. The summed E-state index contributed by atoms with van der Waals surface area (Å²) in [4.78, 5) is 16.6. The molecule has 2 aromatic carbocycles. The van der Waals surface area contributed by atoms with Crippen LogP contribution in [0.4, 0.5) is 5.69 Å². The van der Waals surface area contributed by atoms with E-state index < -0.39 is 10.0 Å². The lowest BCUT2D eigenvalue weighted by Crippen LogP contribution is -2.26. The third-order valence-electron chi connectivity index (χ3n) is 5.39. The molecule has 1 atom stereocenters. The number of rotatable bonds is 8. The molecule has 1 aliphatic heterocycles. The molecule has 0 saturated carbocycles. The fourth-order valence-electron chi connectivity index (χ4n) is 3.80. The summed E-state index contributed by atoms with van der Waals surface area (Å²) < 4.78 is 28.6. The van der Waals surface area contributed by atoms with Crippen molar-refractivity contribution in [3.63, 3.8) is 0 Å². The van der Waals surface area contributed by atoms with Crippen LogP contribution < -0.4 is 9.62 Å². The molecule has 3 rings (SSSR count). The number of sulfonamides is 1. The van der Waals surface area contributed by atoms with Crippen LogP contribution in [0.5, 0.6) is 0 Å². The van der Waals surface area contributed by atoms with Gasteiger partial charge in [0.25, 0.3) is 10.0 Å². The molecule has 168 valence electrons. The zero-order valence-corrected chi connectivity index (χ0v) is 20.3. The second kappa shape index (κ2) is 12.2. The minimum absolute atomic E-state index is 0.144. The minimum atomic E-state index is -3.61. The summed E-state index contributed by atoms with van der Waals surface area (Å²) in [5, 5.41) is 3.64. The standard InChI is InChI=1S/C22H29BrN2O2S.CO2/c1-3-4-5-6-7-10-15-24-22-18-11-8-9-12-20(18)25(2)28(26,27)21-16-17(23)13-14-19(21)22;2-1-3/h8-9,11-14,16,22,24H,3-7,10,15H2,1-2H3;. The van der Waals surface area contributed by atoms with E-state index in [-0.39, 0.29) is 12.2 Å². The minimum Gasteiger partial charge on any atom is -0.306 e.